The number of hydrogen-bond donors (Lipinski definition) is 0. The Morgan fingerprint density at radius 3 is 1.23 bits per heavy atom. The van der Waals surface area contributed by atoms with E-state index in [1.807, 2.05) is 0 Å². The average molecular weight is 390 g/mol. The van der Waals surface area contributed by atoms with Crippen LogP contribution in [-0.4, -0.2) is 95.0 Å². The molecule has 0 unspecified atom stereocenters. The summed E-state index contributed by atoms with van der Waals surface area (Å²) in [5.74, 6) is 0. The summed E-state index contributed by atoms with van der Waals surface area (Å²) in [7, 11) is -2.10. The molecule has 0 spiro atoms. The minimum atomic E-state index is -2.10. The fourth-order valence-corrected chi connectivity index (χ4v) is 6.15. The van der Waals surface area contributed by atoms with Crippen molar-refractivity contribution in [3.05, 3.63) is 0 Å². The van der Waals surface area contributed by atoms with E-state index >= 15 is 0 Å². The molecular weight excluding hydrogens is 342 g/mol. The molecule has 0 saturated heterocycles. The molecule has 0 aliphatic carbocycles. The first kappa shape index (κ1) is 26.0. The highest BCUT2D eigenvalue weighted by Crippen LogP contribution is 2.11. The molecule has 0 rings (SSSR count). The fraction of sp³-hybridized carbons (Fsp3) is 1.00. The quantitative estimate of drug-likeness (QED) is 0.335. The smallest absolute Gasteiger partial charge is 0.349 e. The van der Waals surface area contributed by atoms with Crippen molar-refractivity contribution in [3.63, 3.8) is 0 Å². The van der Waals surface area contributed by atoms with E-state index < -0.39 is 8.56 Å². The lowest BCUT2D eigenvalue weighted by Gasteiger charge is -2.33. The van der Waals surface area contributed by atoms with E-state index in [0.29, 0.717) is 0 Å². The highest BCUT2D eigenvalue weighted by atomic mass is 28.4. The van der Waals surface area contributed by atoms with E-state index in [1.54, 1.807) is 0 Å². The molecule has 0 aromatic rings. The minimum absolute atomic E-state index is 0.745. The zero-order valence-corrected chi connectivity index (χ0v) is 19.9. The Kier molecular flexibility index (Phi) is 16.0. The molecule has 0 atom stereocenters. The van der Waals surface area contributed by atoms with Crippen LogP contribution in [0.3, 0.4) is 0 Å². The van der Waals surface area contributed by atoms with E-state index in [1.165, 1.54) is 25.9 Å². The van der Waals surface area contributed by atoms with Gasteiger partial charge < -0.3 is 23.6 Å². The lowest BCUT2D eigenvalue weighted by molar-refractivity contribution is 0.158. The van der Waals surface area contributed by atoms with Gasteiger partial charge in [-0.15, -0.1) is 0 Å². The SMILES string of the molecule is CCO[Si](C)(CN(CCCN(CC)CC)CCCN(CC)CC)OCC. The molecular formula is C20H47N3O2Si. The number of rotatable bonds is 18. The van der Waals surface area contributed by atoms with Gasteiger partial charge in [0.2, 0.25) is 0 Å². The van der Waals surface area contributed by atoms with Gasteiger partial charge in [-0.2, -0.15) is 0 Å². The monoisotopic (exact) mass is 389 g/mol. The summed E-state index contributed by atoms with van der Waals surface area (Å²) in [5.41, 5.74) is 0. The molecule has 26 heavy (non-hydrogen) atoms. The number of hydrogen-bond acceptors (Lipinski definition) is 5. The Labute approximate surface area is 165 Å². The van der Waals surface area contributed by atoms with Crippen LogP contribution in [0, 0.1) is 0 Å². The van der Waals surface area contributed by atoms with Gasteiger partial charge >= 0.3 is 8.56 Å². The zero-order chi connectivity index (χ0) is 19.8. The molecule has 0 aliphatic heterocycles. The van der Waals surface area contributed by atoms with Gasteiger partial charge in [-0.3, -0.25) is 0 Å². The van der Waals surface area contributed by atoms with Gasteiger partial charge in [0, 0.05) is 19.4 Å². The van der Waals surface area contributed by atoms with Crippen LogP contribution < -0.4 is 0 Å². The van der Waals surface area contributed by atoms with E-state index in [4.69, 9.17) is 8.85 Å². The molecule has 0 saturated carbocycles. The van der Waals surface area contributed by atoms with Crippen LogP contribution in [0.2, 0.25) is 6.55 Å². The van der Waals surface area contributed by atoms with Crippen molar-refractivity contribution in [2.45, 2.75) is 60.9 Å². The summed E-state index contributed by atoms with van der Waals surface area (Å²) in [6.07, 6.45) is 3.41. The van der Waals surface area contributed by atoms with Gasteiger partial charge in [0.1, 0.15) is 0 Å². The summed E-state index contributed by atoms with van der Waals surface area (Å²) in [6.45, 7) is 26.1. The summed E-state index contributed by atoms with van der Waals surface area (Å²) in [4.78, 5) is 7.62. The summed E-state index contributed by atoms with van der Waals surface area (Å²) >= 11 is 0. The second kappa shape index (κ2) is 16.0. The molecule has 5 nitrogen and oxygen atoms in total. The summed E-state index contributed by atoms with van der Waals surface area (Å²) in [5, 5.41) is 0. The first-order chi connectivity index (χ1) is 12.5. The third-order valence-corrected chi connectivity index (χ3v) is 7.92. The Balaban J connectivity index is 4.68. The lowest BCUT2D eigenvalue weighted by Crippen LogP contribution is -2.51. The van der Waals surface area contributed by atoms with Gasteiger partial charge in [-0.05, 0) is 85.6 Å². The topological polar surface area (TPSA) is 28.2 Å². The van der Waals surface area contributed by atoms with Crippen molar-refractivity contribution in [2.75, 3.05) is 71.7 Å². The highest BCUT2D eigenvalue weighted by molar-refractivity contribution is 6.66. The van der Waals surface area contributed by atoms with Crippen molar-refractivity contribution < 1.29 is 8.85 Å². The Morgan fingerprint density at radius 2 is 0.923 bits per heavy atom. The van der Waals surface area contributed by atoms with Gasteiger partial charge in [-0.25, -0.2) is 0 Å². The minimum Gasteiger partial charge on any atom is -0.394 e. The van der Waals surface area contributed by atoms with Crippen molar-refractivity contribution >= 4 is 8.56 Å². The van der Waals surface area contributed by atoms with Crippen molar-refractivity contribution in [1.29, 1.82) is 0 Å². The standard InChI is InChI=1S/C20H47N3O2Si/c1-8-21(9-2)16-14-18-23(19-15-17-22(10-3)11-4)20-26(7,24-12-5)25-13-6/h8-20H2,1-7H3. The van der Waals surface area contributed by atoms with E-state index in [-0.39, 0.29) is 0 Å². The Hall–Kier alpha value is 0.0169. The molecule has 0 bridgehead atoms. The van der Waals surface area contributed by atoms with Gasteiger partial charge in [0.15, 0.2) is 0 Å². The van der Waals surface area contributed by atoms with E-state index in [2.05, 4.69) is 62.8 Å². The average Bonchev–Trinajstić information content (AvgIpc) is 2.62. The third-order valence-electron chi connectivity index (χ3n) is 5.10. The molecule has 0 heterocycles. The van der Waals surface area contributed by atoms with Crippen LogP contribution in [0.5, 0.6) is 0 Å². The van der Waals surface area contributed by atoms with Crippen LogP contribution in [0.1, 0.15) is 54.4 Å². The highest BCUT2D eigenvalue weighted by Gasteiger charge is 2.33. The lowest BCUT2D eigenvalue weighted by atomic mass is 10.3. The molecule has 0 aliphatic rings. The first-order valence-corrected chi connectivity index (χ1v) is 13.5. The van der Waals surface area contributed by atoms with Crippen molar-refractivity contribution in [2.24, 2.45) is 0 Å². The second-order valence-corrected chi connectivity index (χ2v) is 10.2. The maximum atomic E-state index is 6.09. The Morgan fingerprint density at radius 1 is 0.577 bits per heavy atom. The predicted octanol–water partition coefficient (Wildman–Crippen LogP) is 3.44. The van der Waals surface area contributed by atoms with Crippen LogP contribution in [0.15, 0.2) is 0 Å². The molecule has 0 fully saturated rings. The van der Waals surface area contributed by atoms with Crippen LogP contribution in [-0.2, 0) is 8.85 Å². The maximum absolute atomic E-state index is 6.09. The first-order valence-electron chi connectivity index (χ1n) is 10.9. The number of nitrogens with zero attached hydrogens (tertiary/aromatic N) is 3. The third kappa shape index (κ3) is 11.7. The molecule has 0 amide bonds. The molecule has 0 aromatic carbocycles. The van der Waals surface area contributed by atoms with Gasteiger partial charge in [-0.1, -0.05) is 27.7 Å². The largest absolute Gasteiger partial charge is 0.394 e. The molecule has 6 heteroatoms. The van der Waals surface area contributed by atoms with Crippen LogP contribution >= 0.6 is 0 Å². The molecule has 158 valence electrons. The fourth-order valence-electron chi connectivity index (χ4n) is 3.54. The Bertz CT molecular complexity index is 289. The van der Waals surface area contributed by atoms with Crippen LogP contribution in [0.25, 0.3) is 0 Å². The van der Waals surface area contributed by atoms with Gasteiger partial charge in [0.25, 0.3) is 0 Å². The summed E-state index contributed by atoms with van der Waals surface area (Å²) in [6, 6.07) is 0. The van der Waals surface area contributed by atoms with Crippen molar-refractivity contribution in [1.82, 2.24) is 14.7 Å². The van der Waals surface area contributed by atoms with E-state index in [0.717, 1.165) is 58.7 Å². The van der Waals surface area contributed by atoms with Gasteiger partial charge in [0.05, 0.1) is 0 Å². The normalized spacial score (nSPS) is 12.7. The van der Waals surface area contributed by atoms with Crippen molar-refractivity contribution in [3.8, 4) is 0 Å². The predicted molar refractivity (Wildman–Crippen MR) is 116 cm³/mol. The van der Waals surface area contributed by atoms with Crippen LogP contribution in [0.4, 0.5) is 0 Å². The maximum Gasteiger partial charge on any atom is 0.349 e. The second-order valence-electron chi connectivity index (χ2n) is 7.04. The molecule has 0 radical (unpaired) electrons. The molecule has 0 N–H and O–H groups in total. The van der Waals surface area contributed by atoms with E-state index in [9.17, 15) is 0 Å². The zero-order valence-electron chi connectivity index (χ0n) is 18.9. The summed E-state index contributed by atoms with van der Waals surface area (Å²) < 4.78 is 12.2. The molecule has 0 aromatic heterocycles.